The monoisotopic (exact) mass is 196 g/mol. The van der Waals surface area contributed by atoms with Crippen LogP contribution in [0.2, 0.25) is 0 Å². The van der Waals surface area contributed by atoms with Gasteiger partial charge in [0.05, 0.1) is 7.11 Å². The van der Waals surface area contributed by atoms with Gasteiger partial charge in [0.1, 0.15) is 11.5 Å². The van der Waals surface area contributed by atoms with Crippen LogP contribution in [0.4, 0.5) is 0 Å². The van der Waals surface area contributed by atoms with Crippen LogP contribution in [-0.2, 0) is 6.42 Å². The Hall–Kier alpha value is -1.22. The summed E-state index contributed by atoms with van der Waals surface area (Å²) in [4.78, 5) is 0. The van der Waals surface area contributed by atoms with Crippen LogP contribution in [0, 0.1) is 13.8 Å². The van der Waals surface area contributed by atoms with Crippen LogP contribution in [0.5, 0.6) is 11.5 Å². The van der Waals surface area contributed by atoms with Crippen LogP contribution in [0.1, 0.15) is 16.7 Å². The smallest absolute Gasteiger partial charge is 0.122 e. The third kappa shape index (κ3) is 1.82. The highest BCUT2D eigenvalue weighted by molar-refractivity contribution is 5.51. The van der Waals surface area contributed by atoms with E-state index >= 15 is 0 Å². The van der Waals surface area contributed by atoms with Gasteiger partial charge in [0.15, 0.2) is 0 Å². The average molecular weight is 196 g/mol. The Morgan fingerprint density at radius 3 is 2.43 bits per heavy atom. The van der Waals surface area contributed by atoms with Crippen LogP contribution in [0.25, 0.3) is 0 Å². The molecule has 1 rings (SSSR count). The molecule has 78 valence electrons. The van der Waals surface area contributed by atoms with Crippen molar-refractivity contribution in [3.63, 3.8) is 0 Å². The van der Waals surface area contributed by atoms with Crippen molar-refractivity contribution in [2.24, 2.45) is 0 Å². The molecule has 0 spiro atoms. The van der Waals surface area contributed by atoms with Gasteiger partial charge in [-0.2, -0.15) is 0 Å². The second kappa shape index (κ2) is 4.33. The molecule has 0 saturated carbocycles. The number of aliphatic hydroxyl groups excluding tert-OH is 1. The summed E-state index contributed by atoms with van der Waals surface area (Å²) in [6.07, 6.45) is 0.448. The predicted molar refractivity (Wildman–Crippen MR) is 54.9 cm³/mol. The highest BCUT2D eigenvalue weighted by atomic mass is 16.5. The zero-order valence-electron chi connectivity index (χ0n) is 8.79. The zero-order chi connectivity index (χ0) is 10.7. The Kier molecular flexibility index (Phi) is 3.36. The molecule has 0 amide bonds. The second-order valence-corrected chi connectivity index (χ2v) is 3.31. The van der Waals surface area contributed by atoms with E-state index in [0.29, 0.717) is 6.42 Å². The maximum absolute atomic E-state index is 9.76. The minimum absolute atomic E-state index is 0.0270. The van der Waals surface area contributed by atoms with E-state index in [0.717, 1.165) is 22.4 Å². The molecule has 1 aromatic rings. The molecule has 14 heavy (non-hydrogen) atoms. The highest BCUT2D eigenvalue weighted by Gasteiger charge is 2.11. The topological polar surface area (TPSA) is 49.7 Å². The minimum Gasteiger partial charge on any atom is -0.507 e. The van der Waals surface area contributed by atoms with Crippen molar-refractivity contribution in [2.45, 2.75) is 20.3 Å². The lowest BCUT2D eigenvalue weighted by molar-refractivity contribution is 0.297. The Labute approximate surface area is 84.0 Å². The molecule has 0 heterocycles. The summed E-state index contributed by atoms with van der Waals surface area (Å²) in [5.41, 5.74) is 2.48. The fraction of sp³-hybridized carbons (Fsp3) is 0.455. The molecule has 0 unspecified atom stereocenters. The van der Waals surface area contributed by atoms with Crippen molar-refractivity contribution in [2.75, 3.05) is 13.7 Å². The van der Waals surface area contributed by atoms with Crippen LogP contribution in [0.3, 0.4) is 0 Å². The number of benzene rings is 1. The van der Waals surface area contributed by atoms with E-state index in [4.69, 9.17) is 9.84 Å². The van der Waals surface area contributed by atoms with E-state index in [-0.39, 0.29) is 12.4 Å². The summed E-state index contributed by atoms with van der Waals surface area (Å²) in [6.45, 7) is 3.77. The molecule has 0 fully saturated rings. The van der Waals surface area contributed by atoms with Crippen LogP contribution in [0.15, 0.2) is 6.07 Å². The van der Waals surface area contributed by atoms with Crippen LogP contribution in [-0.4, -0.2) is 23.9 Å². The molecule has 0 aliphatic heterocycles. The standard InChI is InChI=1S/C11H16O3/c1-7-8(2)11(13)9(4-5-12)6-10(7)14-3/h6,12-13H,4-5H2,1-3H3. The van der Waals surface area contributed by atoms with Crippen molar-refractivity contribution in [1.82, 2.24) is 0 Å². The second-order valence-electron chi connectivity index (χ2n) is 3.31. The first-order valence-corrected chi connectivity index (χ1v) is 4.58. The SMILES string of the molecule is COc1cc(CCO)c(O)c(C)c1C. The number of aliphatic hydroxyl groups is 1. The molecule has 0 bridgehead atoms. The van der Waals surface area contributed by atoms with Gasteiger partial charge in [-0.15, -0.1) is 0 Å². The molecule has 0 aliphatic carbocycles. The fourth-order valence-corrected chi connectivity index (χ4v) is 1.46. The van der Waals surface area contributed by atoms with E-state index in [1.807, 2.05) is 13.8 Å². The maximum Gasteiger partial charge on any atom is 0.122 e. The average Bonchev–Trinajstić information content (AvgIpc) is 2.19. The van der Waals surface area contributed by atoms with Crippen LogP contribution >= 0.6 is 0 Å². The first-order valence-electron chi connectivity index (χ1n) is 4.58. The zero-order valence-corrected chi connectivity index (χ0v) is 8.79. The van der Waals surface area contributed by atoms with E-state index < -0.39 is 0 Å². The summed E-state index contributed by atoms with van der Waals surface area (Å²) >= 11 is 0. The molecular formula is C11H16O3. The number of aromatic hydroxyl groups is 1. The largest absolute Gasteiger partial charge is 0.507 e. The first-order chi connectivity index (χ1) is 6.61. The molecule has 0 atom stereocenters. The van der Waals surface area contributed by atoms with Gasteiger partial charge in [0.2, 0.25) is 0 Å². The molecule has 0 radical (unpaired) electrons. The van der Waals surface area contributed by atoms with Crippen LogP contribution < -0.4 is 4.74 Å². The van der Waals surface area contributed by atoms with Gasteiger partial charge in [-0.1, -0.05) is 0 Å². The van der Waals surface area contributed by atoms with Crippen molar-refractivity contribution in [3.05, 3.63) is 22.8 Å². The van der Waals surface area contributed by atoms with Crippen molar-refractivity contribution < 1.29 is 14.9 Å². The molecule has 0 saturated heterocycles. The molecule has 2 N–H and O–H groups in total. The molecule has 0 aromatic heterocycles. The minimum atomic E-state index is 0.0270. The molecule has 3 nitrogen and oxygen atoms in total. The lowest BCUT2D eigenvalue weighted by Crippen LogP contribution is -1.97. The van der Waals surface area contributed by atoms with Crippen molar-refractivity contribution in [3.8, 4) is 11.5 Å². The van der Waals surface area contributed by atoms with E-state index in [9.17, 15) is 5.11 Å². The summed E-state index contributed by atoms with van der Waals surface area (Å²) in [5.74, 6) is 1.01. The van der Waals surface area contributed by atoms with Gasteiger partial charge in [0.25, 0.3) is 0 Å². The van der Waals surface area contributed by atoms with E-state index in [2.05, 4.69) is 0 Å². The number of methoxy groups -OCH3 is 1. The summed E-state index contributed by atoms with van der Waals surface area (Å²) in [6, 6.07) is 1.77. The fourth-order valence-electron chi connectivity index (χ4n) is 1.46. The van der Waals surface area contributed by atoms with Gasteiger partial charge in [0, 0.05) is 12.2 Å². The molecule has 1 aromatic carbocycles. The van der Waals surface area contributed by atoms with Gasteiger partial charge >= 0.3 is 0 Å². The molecular weight excluding hydrogens is 180 g/mol. The molecule has 0 aliphatic rings. The van der Waals surface area contributed by atoms with Gasteiger partial charge in [-0.05, 0) is 37.5 Å². The van der Waals surface area contributed by atoms with Crippen molar-refractivity contribution in [1.29, 1.82) is 0 Å². The lowest BCUT2D eigenvalue weighted by atomic mass is 10.0. The number of phenolic OH excluding ortho intramolecular Hbond substituents is 1. The van der Waals surface area contributed by atoms with Gasteiger partial charge in [-0.25, -0.2) is 0 Å². The third-order valence-corrected chi connectivity index (χ3v) is 2.50. The summed E-state index contributed by atoms with van der Waals surface area (Å²) in [7, 11) is 1.60. The number of phenols is 1. The summed E-state index contributed by atoms with van der Waals surface area (Å²) in [5, 5.41) is 18.6. The normalized spacial score (nSPS) is 10.3. The van der Waals surface area contributed by atoms with Crippen molar-refractivity contribution >= 4 is 0 Å². The Bertz CT molecular complexity index is 332. The quantitative estimate of drug-likeness (QED) is 0.771. The van der Waals surface area contributed by atoms with Gasteiger partial charge in [-0.3, -0.25) is 0 Å². The van der Waals surface area contributed by atoms with E-state index in [1.165, 1.54) is 0 Å². The Balaban J connectivity index is 3.25. The Morgan fingerprint density at radius 2 is 1.93 bits per heavy atom. The third-order valence-electron chi connectivity index (χ3n) is 2.50. The van der Waals surface area contributed by atoms with E-state index in [1.54, 1.807) is 13.2 Å². The maximum atomic E-state index is 9.76. The molecule has 3 heteroatoms. The number of ether oxygens (including phenoxy) is 1. The number of rotatable bonds is 3. The lowest BCUT2D eigenvalue weighted by Gasteiger charge is -2.13. The first kappa shape index (κ1) is 10.9. The number of hydrogen-bond donors (Lipinski definition) is 2. The Morgan fingerprint density at radius 1 is 1.29 bits per heavy atom. The predicted octanol–water partition coefficient (Wildman–Crippen LogP) is 1.55. The number of hydrogen-bond acceptors (Lipinski definition) is 3. The summed E-state index contributed by atoms with van der Waals surface area (Å²) < 4.78 is 5.18. The highest BCUT2D eigenvalue weighted by Crippen LogP contribution is 2.32. The van der Waals surface area contributed by atoms with Gasteiger partial charge < -0.3 is 14.9 Å².